The van der Waals surface area contributed by atoms with Crippen LogP contribution in [0.15, 0.2) is 30.3 Å². The van der Waals surface area contributed by atoms with Gasteiger partial charge in [-0.3, -0.25) is 0 Å². The van der Waals surface area contributed by atoms with Crippen molar-refractivity contribution in [3.63, 3.8) is 0 Å². The molecule has 1 aliphatic heterocycles. The molecule has 0 unspecified atom stereocenters. The third kappa shape index (κ3) is 4.50. The van der Waals surface area contributed by atoms with Gasteiger partial charge in [0.1, 0.15) is 0 Å². The minimum absolute atomic E-state index is 0.0489. The van der Waals surface area contributed by atoms with Crippen molar-refractivity contribution in [1.29, 1.82) is 0 Å². The fraction of sp³-hybridized carbons (Fsp3) is 0.538. The summed E-state index contributed by atoms with van der Waals surface area (Å²) in [5.74, 6) is -0.0489. The van der Waals surface area contributed by atoms with Crippen molar-refractivity contribution in [2.75, 3.05) is 32.4 Å². The Morgan fingerprint density at radius 3 is 2.10 bits per heavy atom. The van der Waals surface area contributed by atoms with Gasteiger partial charge in [0.15, 0.2) is 0 Å². The Balaban J connectivity index is 2.08. The lowest BCUT2D eigenvalue weighted by Gasteiger charge is -2.20. The molecule has 0 bridgehead atoms. The number of rotatable bonds is 4. The molecule has 0 radical (unpaired) electrons. The van der Waals surface area contributed by atoms with E-state index in [2.05, 4.69) is 0 Å². The minimum atomic E-state index is -3.42. The molecular formula is C13H20N2O4S2. The van der Waals surface area contributed by atoms with Crippen LogP contribution in [0, 0.1) is 0 Å². The SMILES string of the molecule is CS(=O)(=O)N1CCCN(S(=O)(=O)Cc2ccccc2)CC1. The fourth-order valence-corrected chi connectivity index (χ4v) is 4.79. The summed E-state index contributed by atoms with van der Waals surface area (Å²) in [5.41, 5.74) is 0.738. The van der Waals surface area contributed by atoms with Crippen LogP contribution in [0.5, 0.6) is 0 Å². The van der Waals surface area contributed by atoms with E-state index >= 15 is 0 Å². The van der Waals surface area contributed by atoms with E-state index in [1.165, 1.54) is 8.61 Å². The van der Waals surface area contributed by atoms with Gasteiger partial charge in [-0.25, -0.2) is 25.4 Å². The van der Waals surface area contributed by atoms with Crippen molar-refractivity contribution in [3.05, 3.63) is 35.9 Å². The van der Waals surface area contributed by atoms with Gasteiger partial charge in [0, 0.05) is 26.2 Å². The van der Waals surface area contributed by atoms with Crippen LogP contribution < -0.4 is 0 Å². The van der Waals surface area contributed by atoms with Gasteiger partial charge in [-0.2, -0.15) is 0 Å². The first-order valence-electron chi connectivity index (χ1n) is 6.76. The molecule has 1 aromatic carbocycles. The van der Waals surface area contributed by atoms with Crippen LogP contribution in [0.3, 0.4) is 0 Å². The number of hydrogen-bond acceptors (Lipinski definition) is 4. The van der Waals surface area contributed by atoms with Crippen LogP contribution in [-0.2, 0) is 25.8 Å². The van der Waals surface area contributed by atoms with E-state index in [1.54, 1.807) is 24.3 Å². The highest BCUT2D eigenvalue weighted by Gasteiger charge is 2.28. The van der Waals surface area contributed by atoms with Crippen molar-refractivity contribution in [2.24, 2.45) is 0 Å². The van der Waals surface area contributed by atoms with Gasteiger partial charge in [0.05, 0.1) is 12.0 Å². The molecule has 0 spiro atoms. The van der Waals surface area contributed by atoms with Gasteiger partial charge >= 0.3 is 0 Å². The maximum Gasteiger partial charge on any atom is 0.218 e. The van der Waals surface area contributed by atoms with E-state index in [9.17, 15) is 16.8 Å². The first kappa shape index (κ1) is 16.4. The Kier molecular flexibility index (Phi) is 5.03. The standard InChI is InChI=1S/C13H20N2O4S2/c1-20(16,17)14-8-5-9-15(11-10-14)21(18,19)12-13-6-3-2-4-7-13/h2-4,6-7H,5,8-12H2,1H3. The molecule has 1 saturated heterocycles. The van der Waals surface area contributed by atoms with E-state index in [0.717, 1.165) is 11.8 Å². The summed E-state index contributed by atoms with van der Waals surface area (Å²) in [7, 11) is -6.68. The van der Waals surface area contributed by atoms with Gasteiger partial charge in [-0.05, 0) is 12.0 Å². The molecule has 1 heterocycles. The molecule has 0 amide bonds. The summed E-state index contributed by atoms with van der Waals surface area (Å²) in [6, 6.07) is 9.00. The van der Waals surface area contributed by atoms with Crippen molar-refractivity contribution < 1.29 is 16.8 Å². The zero-order chi connectivity index (χ0) is 15.5. The lowest BCUT2D eigenvalue weighted by molar-refractivity contribution is 0.406. The summed E-state index contributed by atoms with van der Waals surface area (Å²) in [4.78, 5) is 0. The lowest BCUT2D eigenvalue weighted by Crippen LogP contribution is -2.37. The van der Waals surface area contributed by atoms with Crippen LogP contribution in [0.4, 0.5) is 0 Å². The Labute approximate surface area is 126 Å². The van der Waals surface area contributed by atoms with Crippen molar-refractivity contribution in [1.82, 2.24) is 8.61 Å². The predicted molar refractivity (Wildman–Crippen MR) is 81.7 cm³/mol. The average molecular weight is 332 g/mol. The number of benzene rings is 1. The third-order valence-electron chi connectivity index (χ3n) is 3.47. The molecule has 1 aliphatic rings. The highest BCUT2D eigenvalue weighted by molar-refractivity contribution is 7.88. The minimum Gasteiger partial charge on any atom is -0.213 e. The molecule has 0 aliphatic carbocycles. The monoisotopic (exact) mass is 332 g/mol. The molecule has 0 aromatic heterocycles. The Hall–Kier alpha value is -0.960. The molecule has 21 heavy (non-hydrogen) atoms. The van der Waals surface area contributed by atoms with E-state index in [0.29, 0.717) is 19.5 Å². The fourth-order valence-electron chi connectivity index (χ4n) is 2.36. The second-order valence-corrected chi connectivity index (χ2v) is 9.11. The summed E-state index contributed by atoms with van der Waals surface area (Å²) in [6.45, 7) is 1.16. The highest BCUT2D eigenvalue weighted by Crippen LogP contribution is 2.14. The quantitative estimate of drug-likeness (QED) is 0.804. The summed E-state index contributed by atoms with van der Waals surface area (Å²) in [5, 5.41) is 0. The van der Waals surface area contributed by atoms with E-state index in [-0.39, 0.29) is 18.8 Å². The first-order valence-corrected chi connectivity index (χ1v) is 10.2. The van der Waals surface area contributed by atoms with Gasteiger partial charge < -0.3 is 0 Å². The van der Waals surface area contributed by atoms with Crippen LogP contribution in [0.25, 0.3) is 0 Å². The number of sulfonamides is 2. The van der Waals surface area contributed by atoms with Crippen LogP contribution in [-0.4, -0.2) is 57.9 Å². The van der Waals surface area contributed by atoms with E-state index < -0.39 is 20.0 Å². The lowest BCUT2D eigenvalue weighted by atomic mass is 10.2. The van der Waals surface area contributed by atoms with Crippen LogP contribution in [0.1, 0.15) is 12.0 Å². The third-order valence-corrected chi connectivity index (χ3v) is 6.62. The normalized spacial score (nSPS) is 19.3. The molecule has 6 nitrogen and oxygen atoms in total. The van der Waals surface area contributed by atoms with E-state index in [1.807, 2.05) is 6.07 Å². The predicted octanol–water partition coefficient (Wildman–Crippen LogP) is 0.484. The van der Waals surface area contributed by atoms with Crippen LogP contribution in [0.2, 0.25) is 0 Å². The van der Waals surface area contributed by atoms with E-state index in [4.69, 9.17) is 0 Å². The molecule has 118 valence electrons. The molecule has 1 aromatic rings. The van der Waals surface area contributed by atoms with Crippen molar-refractivity contribution in [3.8, 4) is 0 Å². The molecule has 1 fully saturated rings. The average Bonchev–Trinajstić information content (AvgIpc) is 2.65. The number of nitrogens with zero attached hydrogens (tertiary/aromatic N) is 2. The summed E-state index contributed by atoms with van der Waals surface area (Å²) < 4.78 is 50.7. The second kappa shape index (κ2) is 6.43. The molecule has 0 atom stereocenters. The summed E-state index contributed by atoms with van der Waals surface area (Å²) in [6.07, 6.45) is 1.67. The maximum absolute atomic E-state index is 12.4. The highest BCUT2D eigenvalue weighted by atomic mass is 32.2. The Morgan fingerprint density at radius 1 is 0.905 bits per heavy atom. The second-order valence-electron chi connectivity index (χ2n) is 5.16. The molecular weight excluding hydrogens is 312 g/mol. The maximum atomic E-state index is 12.4. The molecule has 0 saturated carbocycles. The van der Waals surface area contributed by atoms with Crippen LogP contribution >= 0.6 is 0 Å². The topological polar surface area (TPSA) is 74.8 Å². The number of hydrogen-bond donors (Lipinski definition) is 0. The summed E-state index contributed by atoms with van der Waals surface area (Å²) >= 11 is 0. The Bertz CT molecular complexity index is 671. The van der Waals surface area contributed by atoms with Crippen molar-refractivity contribution >= 4 is 20.0 Å². The van der Waals surface area contributed by atoms with Crippen molar-refractivity contribution in [2.45, 2.75) is 12.2 Å². The van der Waals surface area contributed by atoms with Gasteiger partial charge in [-0.15, -0.1) is 0 Å². The van der Waals surface area contributed by atoms with Gasteiger partial charge in [-0.1, -0.05) is 30.3 Å². The zero-order valence-corrected chi connectivity index (χ0v) is 13.6. The molecule has 2 rings (SSSR count). The smallest absolute Gasteiger partial charge is 0.213 e. The molecule has 0 N–H and O–H groups in total. The first-order chi connectivity index (χ1) is 9.79. The van der Waals surface area contributed by atoms with Gasteiger partial charge in [0.25, 0.3) is 0 Å². The Morgan fingerprint density at radius 2 is 1.48 bits per heavy atom. The van der Waals surface area contributed by atoms with Gasteiger partial charge in [0.2, 0.25) is 20.0 Å². The zero-order valence-electron chi connectivity index (χ0n) is 12.0. The molecule has 8 heteroatoms. The largest absolute Gasteiger partial charge is 0.218 e.